The van der Waals surface area contributed by atoms with Crippen molar-refractivity contribution in [3.63, 3.8) is 0 Å². The van der Waals surface area contributed by atoms with Crippen molar-refractivity contribution >= 4 is 28.9 Å². The SMILES string of the molecule is CC(C)(C)OC=O.COC(=O)c1ccc(OCc2csc(N3CCNCC3)n2)cc1. The van der Waals surface area contributed by atoms with E-state index in [0.29, 0.717) is 24.4 Å². The van der Waals surface area contributed by atoms with E-state index in [2.05, 4.69) is 24.7 Å². The highest BCUT2D eigenvalue weighted by atomic mass is 32.1. The number of rotatable bonds is 6. The van der Waals surface area contributed by atoms with Crippen LogP contribution in [0.1, 0.15) is 36.8 Å². The van der Waals surface area contributed by atoms with Crippen molar-refractivity contribution in [1.82, 2.24) is 10.3 Å². The summed E-state index contributed by atoms with van der Waals surface area (Å²) in [5.74, 6) is 0.353. The molecule has 0 amide bonds. The zero-order valence-corrected chi connectivity index (χ0v) is 18.7. The number of thiazole rings is 1. The number of hydrogen-bond donors (Lipinski definition) is 1. The van der Waals surface area contributed by atoms with Crippen molar-refractivity contribution in [2.45, 2.75) is 33.0 Å². The van der Waals surface area contributed by atoms with E-state index >= 15 is 0 Å². The molecule has 1 aliphatic rings. The Balaban J connectivity index is 0.000000396. The number of aromatic nitrogens is 1. The molecule has 1 fully saturated rings. The van der Waals surface area contributed by atoms with Gasteiger partial charge in [0.15, 0.2) is 5.13 Å². The number of carbonyl (C=O) groups is 2. The molecule has 0 aliphatic carbocycles. The van der Waals surface area contributed by atoms with Gasteiger partial charge in [0, 0.05) is 31.6 Å². The number of methoxy groups -OCH3 is 1. The summed E-state index contributed by atoms with van der Waals surface area (Å²) in [4.78, 5) is 27.9. The molecular weight excluding hydrogens is 406 g/mol. The highest BCUT2D eigenvalue weighted by molar-refractivity contribution is 7.13. The fourth-order valence-electron chi connectivity index (χ4n) is 2.47. The number of hydrogen-bond acceptors (Lipinski definition) is 9. The first-order valence-corrected chi connectivity index (χ1v) is 10.5. The Morgan fingerprint density at radius 3 is 2.43 bits per heavy atom. The van der Waals surface area contributed by atoms with Crippen LogP contribution in [0.5, 0.6) is 5.75 Å². The second-order valence-electron chi connectivity index (χ2n) is 7.49. The number of nitrogens with zero attached hydrogens (tertiary/aromatic N) is 2. The second kappa shape index (κ2) is 11.5. The summed E-state index contributed by atoms with van der Waals surface area (Å²) in [5, 5.41) is 6.41. The molecule has 8 nitrogen and oxygen atoms in total. The van der Waals surface area contributed by atoms with Crippen molar-refractivity contribution in [2.75, 3.05) is 38.2 Å². The van der Waals surface area contributed by atoms with E-state index < -0.39 is 0 Å². The van der Waals surface area contributed by atoms with Gasteiger partial charge in [-0.1, -0.05) is 0 Å². The number of benzene rings is 1. The first kappa shape index (κ1) is 23.6. The number of ether oxygens (including phenoxy) is 3. The van der Waals surface area contributed by atoms with Crippen LogP contribution in [-0.2, 0) is 20.9 Å². The predicted molar refractivity (Wildman–Crippen MR) is 116 cm³/mol. The van der Waals surface area contributed by atoms with Crippen molar-refractivity contribution in [2.24, 2.45) is 0 Å². The normalized spacial score (nSPS) is 13.7. The standard InChI is InChI=1S/C16H19N3O3S.C5H10O2/c1-21-15(20)12-2-4-14(5-3-12)22-10-13-11-23-16(18-13)19-8-6-17-7-9-19;1-5(2,3)7-4-6/h2-5,11,17H,6-10H2,1H3;4H,1-3H3. The molecule has 164 valence electrons. The van der Waals surface area contributed by atoms with Gasteiger partial charge in [0.05, 0.1) is 18.4 Å². The highest BCUT2D eigenvalue weighted by Gasteiger charge is 2.14. The predicted octanol–water partition coefficient (Wildman–Crippen LogP) is 2.88. The van der Waals surface area contributed by atoms with Gasteiger partial charge < -0.3 is 24.4 Å². The molecule has 0 unspecified atom stereocenters. The van der Waals surface area contributed by atoms with Crippen LogP contribution in [0.3, 0.4) is 0 Å². The Morgan fingerprint density at radius 1 is 1.23 bits per heavy atom. The number of carbonyl (C=O) groups excluding carboxylic acids is 2. The summed E-state index contributed by atoms with van der Waals surface area (Å²) >= 11 is 1.65. The van der Waals surface area contributed by atoms with Gasteiger partial charge in [-0.3, -0.25) is 4.79 Å². The van der Waals surface area contributed by atoms with Crippen LogP contribution in [0.15, 0.2) is 29.6 Å². The van der Waals surface area contributed by atoms with E-state index in [9.17, 15) is 9.59 Å². The molecule has 1 aromatic heterocycles. The van der Waals surface area contributed by atoms with Crippen molar-refractivity contribution < 1.29 is 23.8 Å². The topological polar surface area (TPSA) is 90.0 Å². The minimum absolute atomic E-state index is 0.318. The third kappa shape index (κ3) is 8.00. The Labute approximate surface area is 181 Å². The summed E-state index contributed by atoms with van der Waals surface area (Å²) in [7, 11) is 1.37. The molecule has 1 aliphatic heterocycles. The van der Waals surface area contributed by atoms with E-state index in [-0.39, 0.29) is 11.6 Å². The minimum Gasteiger partial charge on any atom is -0.487 e. The first-order chi connectivity index (χ1) is 14.3. The molecule has 30 heavy (non-hydrogen) atoms. The van der Waals surface area contributed by atoms with Crippen LogP contribution < -0.4 is 15.0 Å². The van der Waals surface area contributed by atoms with Crippen LogP contribution in [-0.4, -0.2) is 56.3 Å². The van der Waals surface area contributed by atoms with Gasteiger partial charge in [-0.25, -0.2) is 9.78 Å². The zero-order chi connectivity index (χ0) is 22.0. The van der Waals surface area contributed by atoms with Crippen molar-refractivity contribution in [3.05, 3.63) is 40.9 Å². The Kier molecular flexibility index (Phi) is 9.07. The molecule has 2 aromatic rings. The van der Waals surface area contributed by atoms with Gasteiger partial charge in [0.1, 0.15) is 18.0 Å². The summed E-state index contributed by atoms with van der Waals surface area (Å²) in [6.45, 7) is 10.3. The molecule has 2 heterocycles. The molecule has 1 saturated heterocycles. The number of nitrogens with one attached hydrogen (secondary N) is 1. The lowest BCUT2D eigenvalue weighted by Crippen LogP contribution is -2.43. The molecule has 0 radical (unpaired) electrons. The highest BCUT2D eigenvalue weighted by Crippen LogP contribution is 2.22. The van der Waals surface area contributed by atoms with Crippen molar-refractivity contribution in [1.29, 1.82) is 0 Å². The summed E-state index contributed by atoms with van der Waals surface area (Å²) in [6.07, 6.45) is 0. The van der Waals surface area contributed by atoms with Crippen LogP contribution in [0.25, 0.3) is 0 Å². The molecule has 3 rings (SSSR count). The number of esters is 1. The van der Waals surface area contributed by atoms with E-state index in [0.717, 1.165) is 37.0 Å². The van der Waals surface area contributed by atoms with Gasteiger partial charge in [-0.15, -0.1) is 11.3 Å². The van der Waals surface area contributed by atoms with Crippen LogP contribution in [0.4, 0.5) is 5.13 Å². The fourth-order valence-corrected chi connectivity index (χ4v) is 3.33. The van der Waals surface area contributed by atoms with Gasteiger partial charge in [0.2, 0.25) is 0 Å². The van der Waals surface area contributed by atoms with Gasteiger partial charge in [-0.2, -0.15) is 0 Å². The zero-order valence-electron chi connectivity index (χ0n) is 17.8. The third-order valence-corrected chi connectivity index (χ3v) is 4.94. The average molecular weight is 436 g/mol. The molecular formula is C21H29N3O5S. The molecule has 9 heteroatoms. The van der Waals surface area contributed by atoms with Crippen LogP contribution in [0, 0.1) is 0 Å². The van der Waals surface area contributed by atoms with E-state index in [1.54, 1.807) is 35.6 Å². The molecule has 0 spiro atoms. The maximum absolute atomic E-state index is 11.4. The van der Waals surface area contributed by atoms with E-state index in [1.165, 1.54) is 7.11 Å². The smallest absolute Gasteiger partial charge is 0.337 e. The Morgan fingerprint density at radius 2 is 1.90 bits per heavy atom. The van der Waals surface area contributed by atoms with Gasteiger partial charge in [-0.05, 0) is 45.0 Å². The lowest BCUT2D eigenvalue weighted by Gasteiger charge is -2.26. The lowest BCUT2D eigenvalue weighted by molar-refractivity contribution is -0.138. The lowest BCUT2D eigenvalue weighted by atomic mass is 10.2. The Bertz CT molecular complexity index is 796. The maximum atomic E-state index is 11.4. The monoisotopic (exact) mass is 435 g/mol. The van der Waals surface area contributed by atoms with Crippen LogP contribution in [0.2, 0.25) is 0 Å². The van der Waals surface area contributed by atoms with E-state index in [4.69, 9.17) is 4.74 Å². The molecule has 0 saturated carbocycles. The molecule has 0 atom stereocenters. The van der Waals surface area contributed by atoms with Gasteiger partial charge in [0.25, 0.3) is 6.47 Å². The van der Waals surface area contributed by atoms with E-state index in [1.807, 2.05) is 26.2 Å². The minimum atomic E-state index is -0.350. The first-order valence-electron chi connectivity index (χ1n) is 9.65. The molecule has 1 N–H and O–H groups in total. The van der Waals surface area contributed by atoms with Crippen LogP contribution >= 0.6 is 11.3 Å². The maximum Gasteiger partial charge on any atom is 0.337 e. The number of anilines is 1. The molecule has 0 bridgehead atoms. The summed E-state index contributed by atoms with van der Waals surface area (Å²) in [6, 6.07) is 6.90. The second-order valence-corrected chi connectivity index (χ2v) is 8.33. The quantitative estimate of drug-likeness (QED) is 0.547. The summed E-state index contributed by atoms with van der Waals surface area (Å²) in [5.41, 5.74) is 1.11. The molecule has 1 aromatic carbocycles. The Hall–Kier alpha value is -2.65. The fraction of sp³-hybridized carbons (Fsp3) is 0.476. The third-order valence-electron chi connectivity index (χ3n) is 3.99. The van der Waals surface area contributed by atoms with Gasteiger partial charge >= 0.3 is 5.97 Å². The largest absolute Gasteiger partial charge is 0.487 e. The number of piperazine rings is 1. The van der Waals surface area contributed by atoms with Crippen molar-refractivity contribution in [3.8, 4) is 5.75 Å². The summed E-state index contributed by atoms with van der Waals surface area (Å²) < 4.78 is 14.9. The average Bonchev–Trinajstić information content (AvgIpc) is 3.21.